The number of hydrogen-bond acceptors (Lipinski definition) is 5. The number of hydrogen-bond donors (Lipinski definition) is 0. The molecule has 0 amide bonds. The number of aromatic nitrogens is 2. The Kier molecular flexibility index (Phi) is 6.05. The van der Waals surface area contributed by atoms with Crippen LogP contribution in [0.1, 0.15) is 29.7 Å². The normalized spacial score (nSPS) is 14.6. The summed E-state index contributed by atoms with van der Waals surface area (Å²) < 4.78 is 38.8. The number of imidazole rings is 1. The van der Waals surface area contributed by atoms with Crippen molar-refractivity contribution in [1.29, 1.82) is 0 Å². The van der Waals surface area contributed by atoms with Gasteiger partial charge >= 0.3 is 0 Å². The maximum Gasteiger partial charge on any atom is 0.269 e. The van der Waals surface area contributed by atoms with E-state index >= 15 is 0 Å². The van der Waals surface area contributed by atoms with E-state index in [1.165, 1.54) is 24.3 Å². The summed E-state index contributed by atoms with van der Waals surface area (Å²) in [6.45, 7) is 5.69. The van der Waals surface area contributed by atoms with E-state index in [1.807, 2.05) is 20.8 Å². The van der Waals surface area contributed by atoms with Crippen LogP contribution in [0, 0.1) is 6.92 Å². The van der Waals surface area contributed by atoms with Crippen LogP contribution in [-0.4, -0.2) is 33.1 Å². The Balaban J connectivity index is 2.51. The van der Waals surface area contributed by atoms with Gasteiger partial charge in [0.05, 0.1) is 16.8 Å². The first-order chi connectivity index (χ1) is 10.9. The van der Waals surface area contributed by atoms with Gasteiger partial charge in [0, 0.05) is 16.6 Å². The average molecular weight is 373 g/mol. The van der Waals surface area contributed by atoms with Gasteiger partial charge in [0.15, 0.2) is 0 Å². The number of thioether (sulfide) groups is 1. The summed E-state index contributed by atoms with van der Waals surface area (Å²) in [5, 5.41) is 0. The highest BCUT2D eigenvalue weighted by Gasteiger charge is 2.27. The maximum absolute atomic E-state index is 12.9. The SMILES string of the molecule is CCSC(c1cncn1S(=O)(=O)c1ccc(C)cc1)S(=O)CC. The van der Waals surface area contributed by atoms with Crippen LogP contribution in [0.25, 0.3) is 0 Å². The molecule has 126 valence electrons. The summed E-state index contributed by atoms with van der Waals surface area (Å²) in [5.74, 6) is 1.21. The third-order valence-electron chi connectivity index (χ3n) is 3.29. The predicted octanol–water partition coefficient (Wildman–Crippen LogP) is 2.95. The number of nitrogens with zero attached hydrogens (tertiary/aromatic N) is 2. The van der Waals surface area contributed by atoms with Gasteiger partial charge in [-0.25, -0.2) is 17.4 Å². The van der Waals surface area contributed by atoms with Crippen LogP contribution in [0.5, 0.6) is 0 Å². The van der Waals surface area contributed by atoms with Gasteiger partial charge in [0.25, 0.3) is 10.0 Å². The minimum Gasteiger partial charge on any atom is -0.258 e. The Morgan fingerprint density at radius 2 is 1.91 bits per heavy atom. The highest BCUT2D eigenvalue weighted by Crippen LogP contribution is 2.33. The van der Waals surface area contributed by atoms with Crippen LogP contribution >= 0.6 is 11.8 Å². The van der Waals surface area contributed by atoms with E-state index in [1.54, 1.807) is 24.3 Å². The molecule has 5 nitrogen and oxygen atoms in total. The topological polar surface area (TPSA) is 69.0 Å². The highest BCUT2D eigenvalue weighted by molar-refractivity contribution is 8.10. The van der Waals surface area contributed by atoms with Gasteiger partial charge in [-0.3, -0.25) is 4.21 Å². The lowest BCUT2D eigenvalue weighted by molar-refractivity contribution is 0.585. The van der Waals surface area contributed by atoms with Crippen LogP contribution in [-0.2, 0) is 20.8 Å². The fourth-order valence-electron chi connectivity index (χ4n) is 2.08. The van der Waals surface area contributed by atoms with Crippen molar-refractivity contribution in [1.82, 2.24) is 8.96 Å². The van der Waals surface area contributed by atoms with Crippen LogP contribution < -0.4 is 0 Å². The van der Waals surface area contributed by atoms with Crippen molar-refractivity contribution in [2.75, 3.05) is 11.5 Å². The first kappa shape index (κ1) is 18.2. The summed E-state index contributed by atoms with van der Waals surface area (Å²) in [6, 6.07) is 6.66. The molecule has 23 heavy (non-hydrogen) atoms. The zero-order valence-electron chi connectivity index (χ0n) is 13.3. The fraction of sp³-hybridized carbons (Fsp3) is 0.400. The van der Waals surface area contributed by atoms with E-state index < -0.39 is 25.4 Å². The molecule has 0 bridgehead atoms. The molecule has 0 radical (unpaired) electrons. The Morgan fingerprint density at radius 3 is 2.48 bits per heavy atom. The van der Waals surface area contributed by atoms with Crippen molar-refractivity contribution in [3.05, 3.63) is 48.0 Å². The van der Waals surface area contributed by atoms with Gasteiger partial charge in [-0.2, -0.15) is 0 Å². The van der Waals surface area contributed by atoms with Crippen LogP contribution in [0.3, 0.4) is 0 Å². The third-order valence-corrected chi connectivity index (χ3v) is 8.20. The van der Waals surface area contributed by atoms with Gasteiger partial charge in [0.2, 0.25) is 0 Å². The molecule has 1 aromatic heterocycles. The molecule has 2 aromatic rings. The minimum absolute atomic E-state index is 0.199. The molecular formula is C15H20N2O3S3. The maximum atomic E-state index is 12.9. The predicted molar refractivity (Wildman–Crippen MR) is 95.5 cm³/mol. The van der Waals surface area contributed by atoms with E-state index in [0.717, 1.165) is 15.3 Å². The molecule has 0 aliphatic rings. The molecule has 0 aliphatic heterocycles. The Hall–Kier alpha value is -1.12. The monoisotopic (exact) mass is 372 g/mol. The molecule has 1 heterocycles. The smallest absolute Gasteiger partial charge is 0.258 e. The number of rotatable bonds is 7. The van der Waals surface area contributed by atoms with Crippen LogP contribution in [0.2, 0.25) is 0 Å². The first-order valence-corrected chi connectivity index (χ1v) is 11.1. The molecule has 0 N–H and O–H groups in total. The summed E-state index contributed by atoms with van der Waals surface area (Å²) >= 11 is 1.47. The Labute approximate surface area is 144 Å². The van der Waals surface area contributed by atoms with Gasteiger partial charge in [-0.05, 0) is 24.8 Å². The van der Waals surface area contributed by atoms with E-state index in [0.29, 0.717) is 11.4 Å². The highest BCUT2D eigenvalue weighted by atomic mass is 32.2. The van der Waals surface area contributed by atoms with E-state index in [-0.39, 0.29) is 4.90 Å². The molecule has 8 heteroatoms. The Bertz CT molecular complexity index is 783. The third kappa shape index (κ3) is 3.87. The van der Waals surface area contributed by atoms with E-state index in [4.69, 9.17) is 0 Å². The van der Waals surface area contributed by atoms with Crippen molar-refractivity contribution in [3.63, 3.8) is 0 Å². The second kappa shape index (κ2) is 7.63. The second-order valence-corrected chi connectivity index (χ2v) is 10.2. The lowest BCUT2D eigenvalue weighted by Crippen LogP contribution is -2.18. The fourth-order valence-corrected chi connectivity index (χ4v) is 6.35. The molecule has 2 rings (SSSR count). The Morgan fingerprint density at radius 1 is 1.26 bits per heavy atom. The lowest BCUT2D eigenvalue weighted by atomic mass is 10.2. The molecule has 0 spiro atoms. The van der Waals surface area contributed by atoms with Gasteiger partial charge < -0.3 is 0 Å². The second-order valence-electron chi connectivity index (χ2n) is 4.89. The van der Waals surface area contributed by atoms with Crippen molar-refractivity contribution in [2.24, 2.45) is 0 Å². The molecule has 0 aliphatic carbocycles. The van der Waals surface area contributed by atoms with E-state index in [9.17, 15) is 12.6 Å². The van der Waals surface area contributed by atoms with Gasteiger partial charge in [0.1, 0.15) is 10.9 Å². The van der Waals surface area contributed by atoms with Gasteiger partial charge in [-0.1, -0.05) is 31.5 Å². The molecule has 1 aromatic carbocycles. The standard InChI is InChI=1S/C15H20N2O3S3/c1-4-21-15(22(18)5-2)14-10-16-11-17(14)23(19,20)13-8-6-12(3)7-9-13/h6-11,15H,4-5H2,1-3H3. The van der Waals surface area contributed by atoms with Gasteiger partial charge in [-0.15, -0.1) is 11.8 Å². The summed E-state index contributed by atoms with van der Waals surface area (Å²) in [5.41, 5.74) is 1.44. The quantitative estimate of drug-likeness (QED) is 0.747. The van der Waals surface area contributed by atoms with Crippen molar-refractivity contribution < 1.29 is 12.6 Å². The van der Waals surface area contributed by atoms with E-state index in [2.05, 4.69) is 4.98 Å². The zero-order valence-corrected chi connectivity index (χ0v) is 15.7. The molecule has 0 saturated carbocycles. The summed E-state index contributed by atoms with van der Waals surface area (Å²) in [7, 11) is -4.90. The lowest BCUT2D eigenvalue weighted by Gasteiger charge is -2.17. The summed E-state index contributed by atoms with van der Waals surface area (Å²) in [6.07, 6.45) is 2.77. The molecule has 2 unspecified atom stereocenters. The summed E-state index contributed by atoms with van der Waals surface area (Å²) in [4.78, 5) is 4.19. The van der Waals surface area contributed by atoms with Crippen molar-refractivity contribution in [2.45, 2.75) is 30.2 Å². The molecule has 2 atom stereocenters. The zero-order chi connectivity index (χ0) is 17.0. The average Bonchev–Trinajstić information content (AvgIpc) is 3.02. The molecule has 0 saturated heterocycles. The van der Waals surface area contributed by atoms with Crippen molar-refractivity contribution >= 4 is 32.6 Å². The first-order valence-electron chi connectivity index (χ1n) is 7.25. The minimum atomic E-state index is -3.74. The largest absolute Gasteiger partial charge is 0.269 e. The number of benzene rings is 1. The van der Waals surface area contributed by atoms with Crippen molar-refractivity contribution in [3.8, 4) is 0 Å². The molecular weight excluding hydrogens is 352 g/mol. The molecule has 0 fully saturated rings. The van der Waals surface area contributed by atoms with Crippen LogP contribution in [0.4, 0.5) is 0 Å². The van der Waals surface area contributed by atoms with Crippen LogP contribution in [0.15, 0.2) is 41.7 Å². The number of aryl methyl sites for hydroxylation is 1.